The number of nitrogen functional groups attached to an aromatic ring is 1. The Bertz CT molecular complexity index is 893. The third-order valence-corrected chi connectivity index (χ3v) is 4.27. The monoisotopic (exact) mass is 394 g/mol. The van der Waals surface area contributed by atoms with E-state index >= 15 is 0 Å². The summed E-state index contributed by atoms with van der Waals surface area (Å²) in [5.74, 6) is 1.05. The summed E-state index contributed by atoms with van der Waals surface area (Å²) in [7, 11) is 1.57. The van der Waals surface area contributed by atoms with Crippen molar-refractivity contribution in [3.63, 3.8) is 0 Å². The number of methoxy groups -OCH3 is 1. The molecule has 0 aromatic carbocycles. The van der Waals surface area contributed by atoms with Gasteiger partial charge < -0.3 is 19.9 Å². The number of hydrogen-bond donors (Lipinski definition) is 2. The van der Waals surface area contributed by atoms with Gasteiger partial charge in [0.2, 0.25) is 5.89 Å². The normalized spacial score (nSPS) is 11.8. The van der Waals surface area contributed by atoms with Crippen molar-refractivity contribution in [2.24, 2.45) is 0 Å². The van der Waals surface area contributed by atoms with E-state index in [2.05, 4.69) is 15.1 Å². The first-order chi connectivity index (χ1) is 13.2. The summed E-state index contributed by atoms with van der Waals surface area (Å²) < 4.78 is 11.9. The molecule has 0 atom stereocenters. The second-order valence-electron chi connectivity index (χ2n) is 7.68. The van der Waals surface area contributed by atoms with Crippen LogP contribution in [-0.4, -0.2) is 40.0 Å². The number of anilines is 2. The third-order valence-electron chi connectivity index (χ3n) is 4.27. The molecule has 156 valence electrons. The Morgan fingerprint density at radius 3 is 2.61 bits per heavy atom. The molecular formula is C18H30N6O4. The maximum atomic E-state index is 12.6. The number of H-pyrrole nitrogens is 1. The largest absolute Gasteiger partial charge is 0.383 e. The van der Waals surface area contributed by atoms with E-state index in [0.717, 1.165) is 12.8 Å². The quantitative estimate of drug-likeness (QED) is 0.649. The van der Waals surface area contributed by atoms with Crippen LogP contribution in [0.15, 0.2) is 14.1 Å². The van der Waals surface area contributed by atoms with Gasteiger partial charge in [0, 0.05) is 25.6 Å². The highest BCUT2D eigenvalue weighted by Gasteiger charge is 2.24. The van der Waals surface area contributed by atoms with Gasteiger partial charge in [-0.3, -0.25) is 14.3 Å². The Morgan fingerprint density at radius 2 is 2.04 bits per heavy atom. The van der Waals surface area contributed by atoms with Gasteiger partial charge in [0.15, 0.2) is 5.82 Å². The van der Waals surface area contributed by atoms with Gasteiger partial charge in [0.05, 0.1) is 13.2 Å². The van der Waals surface area contributed by atoms with Crippen LogP contribution < -0.4 is 21.9 Å². The van der Waals surface area contributed by atoms with E-state index in [1.54, 1.807) is 12.0 Å². The number of aromatic amines is 1. The fourth-order valence-electron chi connectivity index (χ4n) is 2.69. The first-order valence-corrected chi connectivity index (χ1v) is 9.38. The summed E-state index contributed by atoms with van der Waals surface area (Å²) in [4.78, 5) is 33.2. The Labute approximate surface area is 163 Å². The summed E-state index contributed by atoms with van der Waals surface area (Å²) in [6, 6.07) is 0. The van der Waals surface area contributed by atoms with Gasteiger partial charge in [0.25, 0.3) is 5.56 Å². The molecule has 0 bridgehead atoms. The summed E-state index contributed by atoms with van der Waals surface area (Å²) in [6.45, 7) is 9.29. The molecule has 10 nitrogen and oxygen atoms in total. The average molecular weight is 394 g/mol. The lowest BCUT2D eigenvalue weighted by atomic mass is 9.97. The van der Waals surface area contributed by atoms with E-state index in [-0.39, 0.29) is 23.5 Å². The molecule has 2 aromatic heterocycles. The van der Waals surface area contributed by atoms with E-state index in [4.69, 9.17) is 15.0 Å². The minimum Gasteiger partial charge on any atom is -0.383 e. The van der Waals surface area contributed by atoms with E-state index in [0.29, 0.717) is 31.4 Å². The van der Waals surface area contributed by atoms with Crippen LogP contribution in [0.3, 0.4) is 0 Å². The predicted octanol–water partition coefficient (Wildman–Crippen LogP) is 1.25. The smallest absolute Gasteiger partial charge is 0.330 e. The van der Waals surface area contributed by atoms with E-state index in [1.165, 1.54) is 4.57 Å². The molecule has 28 heavy (non-hydrogen) atoms. The molecule has 2 aromatic rings. The van der Waals surface area contributed by atoms with Gasteiger partial charge in [-0.1, -0.05) is 39.3 Å². The number of rotatable bonds is 9. The number of aromatic nitrogens is 4. The molecule has 0 aliphatic carbocycles. The number of nitrogens with two attached hydrogens (primary N) is 1. The Morgan fingerprint density at radius 1 is 1.32 bits per heavy atom. The lowest BCUT2D eigenvalue weighted by Crippen LogP contribution is -2.39. The average Bonchev–Trinajstić information content (AvgIpc) is 3.08. The molecule has 2 rings (SSSR count). The van der Waals surface area contributed by atoms with Gasteiger partial charge >= 0.3 is 5.69 Å². The predicted molar refractivity (Wildman–Crippen MR) is 107 cm³/mol. The molecule has 0 amide bonds. The van der Waals surface area contributed by atoms with Gasteiger partial charge in [-0.25, -0.2) is 4.79 Å². The lowest BCUT2D eigenvalue weighted by molar-refractivity contribution is 0.204. The summed E-state index contributed by atoms with van der Waals surface area (Å²) in [5, 5.41) is 4.01. The molecule has 0 unspecified atom stereocenters. The summed E-state index contributed by atoms with van der Waals surface area (Å²) >= 11 is 0. The molecular weight excluding hydrogens is 364 g/mol. The second-order valence-corrected chi connectivity index (χ2v) is 7.68. The van der Waals surface area contributed by atoms with E-state index in [9.17, 15) is 9.59 Å². The van der Waals surface area contributed by atoms with Crippen molar-refractivity contribution in [3.05, 3.63) is 32.6 Å². The van der Waals surface area contributed by atoms with Crippen molar-refractivity contribution < 1.29 is 9.26 Å². The molecule has 0 spiro atoms. The molecule has 0 saturated carbocycles. The van der Waals surface area contributed by atoms with Crippen LogP contribution in [0.1, 0.15) is 52.3 Å². The number of ether oxygens (including phenoxy) is 1. The minimum atomic E-state index is -0.550. The zero-order valence-electron chi connectivity index (χ0n) is 17.2. The summed E-state index contributed by atoms with van der Waals surface area (Å²) in [5.41, 5.74) is 5.08. The first-order valence-electron chi connectivity index (χ1n) is 9.38. The zero-order chi connectivity index (χ0) is 20.9. The van der Waals surface area contributed by atoms with Gasteiger partial charge in [0.1, 0.15) is 11.5 Å². The fourth-order valence-corrected chi connectivity index (χ4v) is 2.69. The molecule has 0 radical (unpaired) electrons. The van der Waals surface area contributed by atoms with Crippen LogP contribution in [-0.2, 0) is 23.2 Å². The zero-order valence-corrected chi connectivity index (χ0v) is 17.2. The number of unbranched alkanes of at least 4 members (excludes halogenated alkanes) is 1. The van der Waals surface area contributed by atoms with Crippen molar-refractivity contribution in [1.82, 2.24) is 19.7 Å². The highest BCUT2D eigenvalue weighted by Crippen LogP contribution is 2.22. The number of nitrogens with zero attached hydrogens (tertiary/aromatic N) is 4. The maximum absolute atomic E-state index is 12.6. The topological polar surface area (TPSA) is 132 Å². The number of nitrogens with one attached hydrogen (secondary N) is 1. The van der Waals surface area contributed by atoms with Crippen molar-refractivity contribution in [3.8, 4) is 0 Å². The van der Waals surface area contributed by atoms with Crippen LogP contribution in [0.4, 0.5) is 11.5 Å². The highest BCUT2D eigenvalue weighted by molar-refractivity contribution is 5.62. The van der Waals surface area contributed by atoms with Gasteiger partial charge in [-0.15, -0.1) is 0 Å². The van der Waals surface area contributed by atoms with Crippen LogP contribution >= 0.6 is 0 Å². The SMILES string of the molecule is CCCCn1c(N)c(N(CCOC)Cc2noc(C(C)(C)C)n2)c(=O)[nH]c1=O. The first kappa shape index (κ1) is 21.7. The standard InChI is InChI=1S/C18H30N6O4/c1-6-7-8-24-14(19)13(15(25)21-17(24)26)23(9-10-27-5)11-12-20-16(28-22-12)18(2,3)4/h6-11,19H2,1-5H3,(H,21,25,26). The second kappa shape index (κ2) is 9.05. The molecule has 2 heterocycles. The lowest BCUT2D eigenvalue weighted by Gasteiger charge is -2.24. The van der Waals surface area contributed by atoms with Crippen LogP contribution in [0.2, 0.25) is 0 Å². The number of hydrogen-bond acceptors (Lipinski definition) is 8. The van der Waals surface area contributed by atoms with Gasteiger partial charge in [-0.2, -0.15) is 4.98 Å². The molecule has 0 aliphatic heterocycles. The third kappa shape index (κ3) is 5.00. The Hall–Kier alpha value is -2.62. The molecule has 0 aliphatic rings. The van der Waals surface area contributed by atoms with Crippen molar-refractivity contribution in [1.29, 1.82) is 0 Å². The van der Waals surface area contributed by atoms with E-state index < -0.39 is 11.2 Å². The van der Waals surface area contributed by atoms with E-state index in [1.807, 2.05) is 27.7 Å². The Kier molecular flexibility index (Phi) is 7.00. The Balaban J connectivity index is 2.43. The molecule has 10 heteroatoms. The van der Waals surface area contributed by atoms with Crippen molar-refractivity contribution in [2.45, 2.75) is 59.0 Å². The van der Waals surface area contributed by atoms with Crippen LogP contribution in [0, 0.1) is 0 Å². The van der Waals surface area contributed by atoms with Crippen LogP contribution in [0.25, 0.3) is 0 Å². The van der Waals surface area contributed by atoms with Crippen LogP contribution in [0.5, 0.6) is 0 Å². The summed E-state index contributed by atoms with van der Waals surface area (Å²) in [6.07, 6.45) is 1.67. The minimum absolute atomic E-state index is 0.123. The van der Waals surface area contributed by atoms with Gasteiger partial charge in [-0.05, 0) is 6.42 Å². The van der Waals surface area contributed by atoms with Crippen molar-refractivity contribution >= 4 is 11.5 Å². The highest BCUT2D eigenvalue weighted by atomic mass is 16.5. The molecule has 0 fully saturated rings. The fraction of sp³-hybridized carbons (Fsp3) is 0.667. The van der Waals surface area contributed by atoms with Crippen molar-refractivity contribution in [2.75, 3.05) is 30.9 Å². The molecule has 3 N–H and O–H groups in total. The maximum Gasteiger partial charge on any atom is 0.330 e. The molecule has 0 saturated heterocycles.